The van der Waals surface area contributed by atoms with Crippen LogP contribution in [-0.2, 0) is 14.8 Å². The van der Waals surface area contributed by atoms with Crippen LogP contribution in [0, 0.1) is 0 Å². The van der Waals surface area contributed by atoms with Crippen LogP contribution in [0.25, 0.3) is 0 Å². The first-order valence-electron chi connectivity index (χ1n) is 6.09. The number of ether oxygens (including phenoxy) is 1. The molecule has 1 aromatic carbocycles. The molecule has 2 rings (SSSR count). The third-order valence-corrected chi connectivity index (χ3v) is 4.22. The summed E-state index contributed by atoms with van der Waals surface area (Å²) in [6.45, 7) is 3.34. The number of nitrogens with two attached hydrogens (primary N) is 2. The molecule has 106 valence electrons. The number of primary sulfonamides is 1. The average Bonchev–Trinajstić information content (AvgIpc) is 2.31. The normalized spacial score (nSPS) is 24.1. The summed E-state index contributed by atoms with van der Waals surface area (Å²) < 4.78 is 28.3. The van der Waals surface area contributed by atoms with Crippen LogP contribution >= 0.6 is 0 Å². The maximum atomic E-state index is 11.4. The molecule has 1 aromatic rings. The van der Waals surface area contributed by atoms with Crippen molar-refractivity contribution in [3.63, 3.8) is 0 Å². The van der Waals surface area contributed by atoms with Crippen LogP contribution in [0.5, 0.6) is 0 Å². The Morgan fingerprint density at radius 3 is 2.74 bits per heavy atom. The molecule has 19 heavy (non-hydrogen) atoms. The zero-order chi connectivity index (χ0) is 14.1. The fourth-order valence-electron chi connectivity index (χ4n) is 2.26. The van der Waals surface area contributed by atoms with Gasteiger partial charge in [-0.25, -0.2) is 13.6 Å². The van der Waals surface area contributed by atoms with E-state index < -0.39 is 10.0 Å². The third kappa shape index (κ3) is 3.17. The fraction of sp³-hybridized carbons (Fsp3) is 0.500. The third-order valence-electron chi connectivity index (χ3n) is 3.25. The smallest absolute Gasteiger partial charge is 0.240 e. The molecule has 1 fully saturated rings. The molecule has 0 saturated carbocycles. The predicted octanol–water partition coefficient (Wildman–Crippen LogP) is 0.897. The Bertz CT molecular complexity index is 566. The number of hydrogen-bond acceptors (Lipinski definition) is 5. The van der Waals surface area contributed by atoms with Crippen LogP contribution in [0.3, 0.4) is 0 Å². The van der Waals surface area contributed by atoms with Crippen molar-refractivity contribution in [1.29, 1.82) is 0 Å². The van der Waals surface area contributed by atoms with Crippen molar-refractivity contribution in [3.8, 4) is 0 Å². The van der Waals surface area contributed by atoms with Crippen LogP contribution < -0.4 is 16.2 Å². The monoisotopic (exact) mass is 285 g/mol. The Kier molecular flexibility index (Phi) is 3.71. The van der Waals surface area contributed by atoms with Crippen molar-refractivity contribution in [2.75, 3.05) is 24.3 Å². The van der Waals surface area contributed by atoms with Gasteiger partial charge in [0.05, 0.1) is 23.5 Å². The molecule has 0 bridgehead atoms. The second-order valence-electron chi connectivity index (χ2n) is 5.10. The standard InChI is InChI=1S/C12H19N3O3S/c1-12(6-3-7-18-8-12)15-9-4-2-5-10(11(9)13)19(14,16)17/h2,4-5,15H,3,6-8,13H2,1H3,(H2,14,16,17). The minimum Gasteiger partial charge on any atom is -0.396 e. The van der Waals surface area contributed by atoms with E-state index in [0.717, 1.165) is 19.4 Å². The van der Waals surface area contributed by atoms with Crippen molar-refractivity contribution in [3.05, 3.63) is 18.2 Å². The van der Waals surface area contributed by atoms with Crippen LogP contribution in [0.4, 0.5) is 11.4 Å². The lowest BCUT2D eigenvalue weighted by Gasteiger charge is -2.35. The van der Waals surface area contributed by atoms with E-state index in [2.05, 4.69) is 5.32 Å². The van der Waals surface area contributed by atoms with E-state index in [1.165, 1.54) is 6.07 Å². The molecule has 1 unspecified atom stereocenters. The molecule has 0 aromatic heterocycles. The Hall–Kier alpha value is -1.31. The number of nitrogen functional groups attached to an aromatic ring is 1. The van der Waals surface area contributed by atoms with Gasteiger partial charge in [-0.1, -0.05) is 6.07 Å². The second kappa shape index (κ2) is 4.99. The van der Waals surface area contributed by atoms with E-state index in [-0.39, 0.29) is 16.1 Å². The maximum absolute atomic E-state index is 11.4. The SMILES string of the molecule is CC1(Nc2cccc(S(N)(=O)=O)c2N)CCCOC1. The molecule has 1 aliphatic rings. The van der Waals surface area contributed by atoms with Gasteiger partial charge in [0.15, 0.2) is 0 Å². The molecule has 1 heterocycles. The van der Waals surface area contributed by atoms with Gasteiger partial charge in [-0.05, 0) is 31.9 Å². The van der Waals surface area contributed by atoms with Gasteiger partial charge in [0.2, 0.25) is 10.0 Å². The Balaban J connectivity index is 2.31. The number of para-hydroxylation sites is 1. The zero-order valence-corrected chi connectivity index (χ0v) is 11.7. The van der Waals surface area contributed by atoms with Crippen molar-refractivity contribution in [2.45, 2.75) is 30.2 Å². The molecule has 1 atom stereocenters. The predicted molar refractivity (Wildman–Crippen MR) is 74.3 cm³/mol. The highest BCUT2D eigenvalue weighted by molar-refractivity contribution is 7.89. The van der Waals surface area contributed by atoms with E-state index in [0.29, 0.717) is 12.3 Å². The molecular formula is C12H19N3O3S. The fourth-order valence-corrected chi connectivity index (χ4v) is 2.94. The van der Waals surface area contributed by atoms with Crippen LogP contribution in [0.2, 0.25) is 0 Å². The highest BCUT2D eigenvalue weighted by Crippen LogP contribution is 2.30. The van der Waals surface area contributed by atoms with E-state index >= 15 is 0 Å². The molecule has 5 N–H and O–H groups in total. The summed E-state index contributed by atoms with van der Waals surface area (Å²) in [5.74, 6) is 0. The summed E-state index contributed by atoms with van der Waals surface area (Å²) >= 11 is 0. The highest BCUT2D eigenvalue weighted by atomic mass is 32.2. The molecule has 6 nitrogen and oxygen atoms in total. The van der Waals surface area contributed by atoms with E-state index in [9.17, 15) is 8.42 Å². The van der Waals surface area contributed by atoms with E-state index in [1.54, 1.807) is 12.1 Å². The second-order valence-corrected chi connectivity index (χ2v) is 6.63. The van der Waals surface area contributed by atoms with Gasteiger partial charge in [-0.3, -0.25) is 0 Å². The van der Waals surface area contributed by atoms with Crippen molar-refractivity contribution >= 4 is 21.4 Å². The Morgan fingerprint density at radius 2 is 2.16 bits per heavy atom. The van der Waals surface area contributed by atoms with E-state index in [1.807, 2.05) is 6.92 Å². The van der Waals surface area contributed by atoms with Gasteiger partial charge in [-0.2, -0.15) is 0 Å². The van der Waals surface area contributed by atoms with Crippen LogP contribution in [0.1, 0.15) is 19.8 Å². The number of benzene rings is 1. The van der Waals surface area contributed by atoms with Gasteiger partial charge >= 0.3 is 0 Å². The Morgan fingerprint density at radius 1 is 1.42 bits per heavy atom. The molecular weight excluding hydrogens is 266 g/mol. The van der Waals surface area contributed by atoms with Crippen LogP contribution in [0.15, 0.2) is 23.1 Å². The van der Waals surface area contributed by atoms with Gasteiger partial charge in [-0.15, -0.1) is 0 Å². The Labute approximate surface area is 113 Å². The quantitative estimate of drug-likeness (QED) is 0.715. The summed E-state index contributed by atoms with van der Waals surface area (Å²) in [7, 11) is -3.81. The lowest BCUT2D eigenvalue weighted by molar-refractivity contribution is 0.0540. The van der Waals surface area contributed by atoms with Crippen molar-refractivity contribution < 1.29 is 13.2 Å². The first-order valence-corrected chi connectivity index (χ1v) is 7.64. The summed E-state index contributed by atoms with van der Waals surface area (Å²) in [6, 6.07) is 4.75. The minimum absolute atomic E-state index is 0.0576. The molecule has 0 amide bonds. The number of sulfonamides is 1. The highest BCUT2D eigenvalue weighted by Gasteiger charge is 2.28. The molecule has 0 radical (unpaired) electrons. The summed E-state index contributed by atoms with van der Waals surface area (Å²) in [6.07, 6.45) is 1.89. The lowest BCUT2D eigenvalue weighted by Crippen LogP contribution is -2.43. The molecule has 1 aliphatic heterocycles. The van der Waals surface area contributed by atoms with Crippen molar-refractivity contribution in [2.24, 2.45) is 5.14 Å². The van der Waals surface area contributed by atoms with Gasteiger partial charge < -0.3 is 15.8 Å². The van der Waals surface area contributed by atoms with Crippen LogP contribution in [-0.4, -0.2) is 27.2 Å². The number of nitrogens with one attached hydrogen (secondary N) is 1. The topological polar surface area (TPSA) is 107 Å². The first-order chi connectivity index (χ1) is 8.82. The molecule has 0 spiro atoms. The van der Waals surface area contributed by atoms with E-state index in [4.69, 9.17) is 15.6 Å². The summed E-state index contributed by atoms with van der Waals surface area (Å²) in [5, 5.41) is 8.40. The van der Waals surface area contributed by atoms with Crippen molar-refractivity contribution in [1.82, 2.24) is 0 Å². The van der Waals surface area contributed by atoms with Gasteiger partial charge in [0.1, 0.15) is 4.90 Å². The largest absolute Gasteiger partial charge is 0.396 e. The molecule has 1 saturated heterocycles. The summed E-state index contributed by atoms with van der Waals surface area (Å²) in [4.78, 5) is -0.0576. The first kappa shape index (κ1) is 14.1. The summed E-state index contributed by atoms with van der Waals surface area (Å²) in [5.41, 5.74) is 6.36. The lowest BCUT2D eigenvalue weighted by atomic mass is 9.94. The van der Waals surface area contributed by atoms with Gasteiger partial charge in [0.25, 0.3) is 0 Å². The minimum atomic E-state index is -3.81. The number of hydrogen-bond donors (Lipinski definition) is 3. The number of rotatable bonds is 3. The molecule has 7 heteroatoms. The van der Waals surface area contributed by atoms with Gasteiger partial charge in [0, 0.05) is 6.61 Å². The number of anilines is 2. The maximum Gasteiger partial charge on any atom is 0.240 e. The zero-order valence-electron chi connectivity index (χ0n) is 10.8. The molecule has 0 aliphatic carbocycles. The average molecular weight is 285 g/mol.